The molecule has 4 rings (SSSR count). The van der Waals surface area contributed by atoms with E-state index in [9.17, 15) is 4.79 Å². The molecule has 0 bridgehead atoms. The maximum absolute atomic E-state index is 12.7. The second kappa shape index (κ2) is 12.8. The van der Waals surface area contributed by atoms with Crippen LogP contribution in [0.25, 0.3) is 0 Å². The Hall–Kier alpha value is -1.30. The van der Waals surface area contributed by atoms with Crippen molar-refractivity contribution in [3.05, 3.63) is 42.5 Å². The fraction of sp³-hybridized carbons (Fsp3) is 0.700. The minimum absolute atomic E-state index is 0.104. The highest BCUT2D eigenvalue weighted by atomic mass is 32.2. The SMILES string of the molecule is C/C=C/[C@@H]1C[C@H](Sc2ccccc2)[C@@]2(CCCC[C@H]2CCC2(CCCCCC)OCCO2)N1C=O. The van der Waals surface area contributed by atoms with Crippen LogP contribution in [0.3, 0.4) is 0 Å². The second-order valence-electron chi connectivity index (χ2n) is 10.7. The van der Waals surface area contributed by atoms with Crippen LogP contribution in [0.2, 0.25) is 0 Å². The zero-order valence-corrected chi connectivity index (χ0v) is 22.6. The van der Waals surface area contributed by atoms with Crippen LogP contribution in [0.4, 0.5) is 0 Å². The average molecular weight is 500 g/mol. The summed E-state index contributed by atoms with van der Waals surface area (Å²) in [6.07, 6.45) is 19.2. The molecule has 1 aromatic rings. The topological polar surface area (TPSA) is 38.8 Å². The predicted octanol–water partition coefficient (Wildman–Crippen LogP) is 7.38. The van der Waals surface area contributed by atoms with Gasteiger partial charge in [-0.15, -0.1) is 11.8 Å². The lowest BCUT2D eigenvalue weighted by atomic mass is 9.68. The van der Waals surface area contributed by atoms with E-state index in [1.807, 2.05) is 11.8 Å². The molecular weight excluding hydrogens is 454 g/mol. The second-order valence-corrected chi connectivity index (χ2v) is 11.9. The molecule has 0 unspecified atom stereocenters. The van der Waals surface area contributed by atoms with E-state index in [1.165, 1.54) is 49.8 Å². The fourth-order valence-electron chi connectivity index (χ4n) is 6.93. The number of carbonyl (C=O) groups excluding carboxylic acids is 1. The van der Waals surface area contributed by atoms with E-state index in [0.717, 1.165) is 38.5 Å². The Balaban J connectivity index is 1.56. The molecule has 3 fully saturated rings. The van der Waals surface area contributed by atoms with Crippen LogP contribution in [-0.2, 0) is 14.3 Å². The molecule has 5 heteroatoms. The van der Waals surface area contributed by atoms with Gasteiger partial charge in [-0.05, 0) is 57.1 Å². The quantitative estimate of drug-likeness (QED) is 0.171. The molecule has 4 atom stereocenters. The first-order valence-corrected chi connectivity index (χ1v) is 14.9. The molecule has 0 N–H and O–H groups in total. The normalized spacial score (nSPS) is 30.5. The summed E-state index contributed by atoms with van der Waals surface area (Å²) in [4.78, 5) is 16.2. The van der Waals surface area contributed by atoms with Gasteiger partial charge in [0.15, 0.2) is 5.79 Å². The lowest BCUT2D eigenvalue weighted by Gasteiger charge is -2.50. The molecule has 1 saturated carbocycles. The third-order valence-corrected chi connectivity index (χ3v) is 10.0. The van der Waals surface area contributed by atoms with Gasteiger partial charge in [-0.1, -0.05) is 69.4 Å². The van der Waals surface area contributed by atoms with Gasteiger partial charge < -0.3 is 14.4 Å². The van der Waals surface area contributed by atoms with E-state index >= 15 is 0 Å². The summed E-state index contributed by atoms with van der Waals surface area (Å²) in [7, 11) is 0. The summed E-state index contributed by atoms with van der Waals surface area (Å²) < 4.78 is 12.6. The monoisotopic (exact) mass is 499 g/mol. The van der Waals surface area contributed by atoms with Gasteiger partial charge >= 0.3 is 0 Å². The zero-order chi connectivity index (χ0) is 24.6. The molecular formula is C30H45NO3S. The molecule has 0 aromatic heterocycles. The number of carbonyl (C=O) groups is 1. The highest BCUT2D eigenvalue weighted by molar-refractivity contribution is 8.00. The molecule has 1 aliphatic carbocycles. The minimum Gasteiger partial charge on any atom is -0.348 e. The van der Waals surface area contributed by atoms with Crippen LogP contribution >= 0.6 is 11.8 Å². The number of ether oxygens (including phenoxy) is 2. The van der Waals surface area contributed by atoms with E-state index in [4.69, 9.17) is 9.47 Å². The summed E-state index contributed by atoms with van der Waals surface area (Å²) in [6.45, 7) is 5.74. The molecule has 194 valence electrons. The van der Waals surface area contributed by atoms with Gasteiger partial charge in [-0.25, -0.2) is 0 Å². The first-order chi connectivity index (χ1) is 17.2. The van der Waals surface area contributed by atoms with Crippen molar-refractivity contribution in [3.8, 4) is 0 Å². The Morgan fingerprint density at radius 2 is 1.89 bits per heavy atom. The molecule has 0 radical (unpaired) electrons. The van der Waals surface area contributed by atoms with Crippen molar-refractivity contribution in [2.75, 3.05) is 13.2 Å². The van der Waals surface area contributed by atoms with Crippen molar-refractivity contribution in [3.63, 3.8) is 0 Å². The van der Waals surface area contributed by atoms with Crippen LogP contribution in [0, 0.1) is 5.92 Å². The first-order valence-electron chi connectivity index (χ1n) is 14.0. The molecule has 1 amide bonds. The van der Waals surface area contributed by atoms with E-state index in [-0.39, 0.29) is 11.6 Å². The smallest absolute Gasteiger partial charge is 0.210 e. The summed E-state index contributed by atoms with van der Waals surface area (Å²) in [5.74, 6) is 0.0557. The van der Waals surface area contributed by atoms with Gasteiger partial charge in [0.2, 0.25) is 6.41 Å². The zero-order valence-electron chi connectivity index (χ0n) is 21.8. The van der Waals surface area contributed by atoms with Gasteiger partial charge in [0.05, 0.1) is 24.8 Å². The van der Waals surface area contributed by atoms with Gasteiger partial charge in [0.25, 0.3) is 0 Å². The molecule has 35 heavy (non-hydrogen) atoms. The van der Waals surface area contributed by atoms with Crippen LogP contribution in [0.15, 0.2) is 47.4 Å². The van der Waals surface area contributed by atoms with Crippen molar-refractivity contribution in [1.29, 1.82) is 0 Å². The maximum atomic E-state index is 12.7. The Kier molecular flexibility index (Phi) is 9.77. The van der Waals surface area contributed by atoms with E-state index in [1.54, 1.807) is 0 Å². The van der Waals surface area contributed by atoms with Crippen molar-refractivity contribution in [2.24, 2.45) is 5.92 Å². The molecule has 2 saturated heterocycles. The predicted molar refractivity (Wildman–Crippen MR) is 145 cm³/mol. The molecule has 4 nitrogen and oxygen atoms in total. The van der Waals surface area contributed by atoms with Crippen molar-refractivity contribution < 1.29 is 14.3 Å². The molecule has 2 aliphatic heterocycles. The molecule has 2 heterocycles. The Morgan fingerprint density at radius 3 is 2.60 bits per heavy atom. The Bertz CT molecular complexity index is 809. The van der Waals surface area contributed by atoms with E-state index < -0.39 is 5.79 Å². The third-order valence-electron chi connectivity index (χ3n) is 8.59. The van der Waals surface area contributed by atoms with Crippen LogP contribution < -0.4 is 0 Å². The average Bonchev–Trinajstić information content (AvgIpc) is 3.46. The van der Waals surface area contributed by atoms with Crippen molar-refractivity contribution in [2.45, 2.75) is 118 Å². The number of likely N-dealkylation sites (tertiary alicyclic amines) is 1. The number of hydrogen-bond donors (Lipinski definition) is 0. The summed E-state index contributed by atoms with van der Waals surface area (Å²) in [6, 6.07) is 11.0. The summed E-state index contributed by atoms with van der Waals surface area (Å²) >= 11 is 1.99. The van der Waals surface area contributed by atoms with Crippen LogP contribution in [-0.4, -0.2) is 47.1 Å². The fourth-order valence-corrected chi connectivity index (χ4v) is 8.50. The number of allylic oxidation sites excluding steroid dienone is 1. The summed E-state index contributed by atoms with van der Waals surface area (Å²) in [5.41, 5.74) is -0.104. The maximum Gasteiger partial charge on any atom is 0.210 e. The van der Waals surface area contributed by atoms with Crippen LogP contribution in [0.1, 0.15) is 90.9 Å². The molecule has 3 aliphatic rings. The molecule has 1 aromatic carbocycles. The number of amides is 1. The minimum atomic E-state index is -0.415. The van der Waals surface area contributed by atoms with E-state index in [0.29, 0.717) is 24.4 Å². The number of hydrogen-bond acceptors (Lipinski definition) is 4. The lowest BCUT2D eigenvalue weighted by molar-refractivity contribution is -0.172. The lowest BCUT2D eigenvalue weighted by Crippen LogP contribution is -2.57. The van der Waals surface area contributed by atoms with Gasteiger partial charge in [0, 0.05) is 23.0 Å². The summed E-state index contributed by atoms with van der Waals surface area (Å²) in [5, 5.41) is 0.396. The van der Waals surface area contributed by atoms with Crippen LogP contribution in [0.5, 0.6) is 0 Å². The Morgan fingerprint density at radius 1 is 1.09 bits per heavy atom. The Labute approximate surface area is 217 Å². The highest BCUT2D eigenvalue weighted by Crippen LogP contribution is 2.55. The number of unbranched alkanes of at least 4 members (excludes halogenated alkanes) is 3. The van der Waals surface area contributed by atoms with Gasteiger partial charge in [0.1, 0.15) is 0 Å². The standard InChI is InChI=1S/C30H45NO3S/c1-3-5-6-11-18-29(33-21-22-34-29)20-17-25-14-10-12-19-30(25)28(35-27-15-8-7-9-16-27)23-26(13-4-2)31(30)24-32/h4,7-9,13,15-16,24-26,28H,3,5-6,10-12,14,17-23H2,1-2H3/b13-4+/t25-,26+,28-,30-/m0/s1. The number of rotatable bonds is 12. The van der Waals surface area contributed by atoms with Crippen molar-refractivity contribution in [1.82, 2.24) is 4.90 Å². The third kappa shape index (κ3) is 5.99. The van der Waals surface area contributed by atoms with Gasteiger partial charge in [-0.2, -0.15) is 0 Å². The number of thioether (sulfide) groups is 1. The van der Waals surface area contributed by atoms with Gasteiger partial charge in [-0.3, -0.25) is 4.79 Å². The number of nitrogens with zero attached hydrogens (tertiary/aromatic N) is 1. The largest absolute Gasteiger partial charge is 0.348 e. The number of benzene rings is 1. The molecule has 1 spiro atoms. The van der Waals surface area contributed by atoms with Crippen molar-refractivity contribution >= 4 is 18.2 Å². The first kappa shape index (κ1) is 26.8. The van der Waals surface area contributed by atoms with E-state index in [2.05, 4.69) is 61.2 Å². The highest BCUT2D eigenvalue weighted by Gasteiger charge is 2.57.